The number of aromatic nitrogens is 3. The van der Waals surface area contributed by atoms with Gasteiger partial charge in [0.2, 0.25) is 11.2 Å². The Labute approximate surface area is 183 Å². The minimum atomic E-state index is -0.435. The predicted octanol–water partition coefficient (Wildman–Crippen LogP) is 5.71. The number of nitro benzene ring substituents is 1. The lowest BCUT2D eigenvalue weighted by atomic mass is 10.1. The van der Waals surface area contributed by atoms with E-state index in [9.17, 15) is 10.1 Å². The van der Waals surface area contributed by atoms with E-state index in [4.69, 9.17) is 11.6 Å². The summed E-state index contributed by atoms with van der Waals surface area (Å²) in [6.45, 7) is 0. The highest BCUT2D eigenvalue weighted by Crippen LogP contribution is 2.24. The molecule has 0 saturated heterocycles. The van der Waals surface area contributed by atoms with Gasteiger partial charge in [-0.1, -0.05) is 60.7 Å². The number of nitro groups is 1. The lowest BCUT2D eigenvalue weighted by Gasteiger charge is -2.12. The molecule has 4 aromatic rings. The molecule has 0 aliphatic heterocycles. The summed E-state index contributed by atoms with van der Waals surface area (Å²) in [7, 11) is 0. The number of hydrogen-bond acceptors (Lipinski definition) is 6. The summed E-state index contributed by atoms with van der Waals surface area (Å²) in [5.41, 5.74) is 3.14. The van der Waals surface area contributed by atoms with Crippen LogP contribution in [0.4, 0.5) is 11.6 Å². The molecule has 0 spiro atoms. The number of rotatable bonds is 6. The van der Waals surface area contributed by atoms with E-state index in [0.29, 0.717) is 11.5 Å². The molecule has 0 atom stereocenters. The summed E-state index contributed by atoms with van der Waals surface area (Å²) in [6.07, 6.45) is 1.90. The SMILES string of the molecule is O=[N+]([O-])c1ccc(C(=Cc2ccccc2)Nc2nc(Cl)nc(-c3ccccc3)n2)cc1. The highest BCUT2D eigenvalue weighted by molar-refractivity contribution is 6.28. The summed E-state index contributed by atoms with van der Waals surface area (Å²) in [6, 6.07) is 25.3. The third kappa shape index (κ3) is 5.09. The number of benzene rings is 3. The molecule has 7 nitrogen and oxygen atoms in total. The van der Waals surface area contributed by atoms with Crippen molar-refractivity contribution in [2.24, 2.45) is 0 Å². The standard InChI is InChI=1S/C23H16ClN5O2/c24-22-26-21(18-9-5-2-6-10-18)27-23(28-22)25-20(15-16-7-3-1-4-8-16)17-11-13-19(14-12-17)29(30)31/h1-15H,(H,25,26,27,28). The van der Waals surface area contributed by atoms with Crippen molar-refractivity contribution in [1.82, 2.24) is 15.0 Å². The van der Waals surface area contributed by atoms with Gasteiger partial charge in [-0.15, -0.1) is 0 Å². The van der Waals surface area contributed by atoms with E-state index in [1.165, 1.54) is 12.1 Å². The summed E-state index contributed by atoms with van der Waals surface area (Å²) in [4.78, 5) is 23.5. The van der Waals surface area contributed by atoms with Crippen LogP contribution in [0.15, 0.2) is 84.9 Å². The molecule has 3 aromatic carbocycles. The van der Waals surface area contributed by atoms with Crippen LogP contribution in [0.2, 0.25) is 5.28 Å². The maximum absolute atomic E-state index is 11.0. The largest absolute Gasteiger partial charge is 0.323 e. The molecule has 0 unspecified atom stereocenters. The maximum atomic E-state index is 11.0. The minimum Gasteiger partial charge on any atom is -0.323 e. The number of nitrogens with one attached hydrogen (secondary N) is 1. The Morgan fingerprint density at radius 3 is 2.16 bits per heavy atom. The van der Waals surface area contributed by atoms with Gasteiger partial charge in [0.25, 0.3) is 5.69 Å². The molecule has 0 saturated carbocycles. The van der Waals surface area contributed by atoms with Gasteiger partial charge in [-0.25, -0.2) is 0 Å². The van der Waals surface area contributed by atoms with Crippen LogP contribution in [0.25, 0.3) is 23.2 Å². The van der Waals surface area contributed by atoms with Gasteiger partial charge < -0.3 is 5.32 Å². The Bertz CT molecular complexity index is 1230. The van der Waals surface area contributed by atoms with E-state index in [0.717, 1.165) is 16.7 Å². The average molecular weight is 430 g/mol. The molecule has 1 heterocycles. The molecule has 0 fully saturated rings. The lowest BCUT2D eigenvalue weighted by Crippen LogP contribution is -2.05. The molecule has 1 aromatic heterocycles. The normalized spacial score (nSPS) is 11.2. The molecule has 0 aliphatic carbocycles. The van der Waals surface area contributed by atoms with Crippen molar-refractivity contribution in [2.75, 3.05) is 5.32 Å². The molecule has 0 aliphatic rings. The van der Waals surface area contributed by atoms with Crippen LogP contribution in [0.5, 0.6) is 0 Å². The molecule has 31 heavy (non-hydrogen) atoms. The first-order chi connectivity index (χ1) is 15.1. The van der Waals surface area contributed by atoms with Gasteiger partial charge >= 0.3 is 0 Å². The minimum absolute atomic E-state index is 0.0115. The topological polar surface area (TPSA) is 93.8 Å². The van der Waals surface area contributed by atoms with E-state index < -0.39 is 4.92 Å². The van der Waals surface area contributed by atoms with Gasteiger partial charge in [0, 0.05) is 23.4 Å². The van der Waals surface area contributed by atoms with Crippen molar-refractivity contribution < 1.29 is 4.92 Å². The van der Waals surface area contributed by atoms with Gasteiger partial charge in [-0.2, -0.15) is 15.0 Å². The van der Waals surface area contributed by atoms with Crippen LogP contribution < -0.4 is 5.32 Å². The zero-order chi connectivity index (χ0) is 21.6. The molecule has 0 bridgehead atoms. The second-order valence-corrected chi connectivity index (χ2v) is 6.85. The van der Waals surface area contributed by atoms with Crippen LogP contribution in [0.3, 0.4) is 0 Å². The number of nitrogens with zero attached hydrogens (tertiary/aromatic N) is 4. The molecular weight excluding hydrogens is 414 g/mol. The predicted molar refractivity (Wildman–Crippen MR) is 121 cm³/mol. The fourth-order valence-corrected chi connectivity index (χ4v) is 3.07. The van der Waals surface area contributed by atoms with Crippen LogP contribution in [0, 0.1) is 10.1 Å². The lowest BCUT2D eigenvalue weighted by molar-refractivity contribution is -0.384. The third-order valence-electron chi connectivity index (χ3n) is 4.39. The van der Waals surface area contributed by atoms with Gasteiger partial charge in [-0.05, 0) is 40.9 Å². The van der Waals surface area contributed by atoms with Crippen LogP contribution in [-0.2, 0) is 0 Å². The van der Waals surface area contributed by atoms with Crippen molar-refractivity contribution in [3.63, 3.8) is 0 Å². The maximum Gasteiger partial charge on any atom is 0.269 e. The second-order valence-electron chi connectivity index (χ2n) is 6.52. The average Bonchev–Trinajstić information content (AvgIpc) is 2.80. The van der Waals surface area contributed by atoms with Crippen LogP contribution >= 0.6 is 11.6 Å². The summed E-state index contributed by atoms with van der Waals surface area (Å²) >= 11 is 6.15. The van der Waals surface area contributed by atoms with Gasteiger partial charge in [0.1, 0.15) is 0 Å². The van der Waals surface area contributed by atoms with Crippen molar-refractivity contribution in [1.29, 1.82) is 0 Å². The monoisotopic (exact) mass is 429 g/mol. The molecule has 0 radical (unpaired) electrons. The van der Waals surface area contributed by atoms with Crippen LogP contribution in [-0.4, -0.2) is 19.9 Å². The van der Waals surface area contributed by atoms with E-state index in [2.05, 4.69) is 20.3 Å². The number of hydrogen-bond donors (Lipinski definition) is 1. The number of non-ortho nitro benzene ring substituents is 1. The van der Waals surface area contributed by atoms with Crippen molar-refractivity contribution in [3.05, 3.63) is 111 Å². The van der Waals surface area contributed by atoms with Gasteiger partial charge in [0.05, 0.1) is 4.92 Å². The van der Waals surface area contributed by atoms with E-state index >= 15 is 0 Å². The molecule has 152 valence electrons. The Hall–Kier alpha value is -4.10. The first kappa shape index (κ1) is 20.2. The Kier molecular flexibility index (Phi) is 5.96. The van der Waals surface area contributed by atoms with E-state index in [1.807, 2.05) is 66.7 Å². The first-order valence-corrected chi connectivity index (χ1v) is 9.72. The number of anilines is 1. The Balaban J connectivity index is 1.74. The highest BCUT2D eigenvalue weighted by atomic mass is 35.5. The first-order valence-electron chi connectivity index (χ1n) is 9.34. The summed E-state index contributed by atoms with van der Waals surface area (Å²) < 4.78 is 0. The van der Waals surface area contributed by atoms with Crippen molar-refractivity contribution >= 4 is 35.0 Å². The third-order valence-corrected chi connectivity index (χ3v) is 4.56. The van der Waals surface area contributed by atoms with Crippen molar-refractivity contribution in [3.8, 4) is 11.4 Å². The number of halogens is 1. The molecular formula is C23H16ClN5O2. The fourth-order valence-electron chi connectivity index (χ4n) is 2.91. The van der Waals surface area contributed by atoms with Crippen LogP contribution in [0.1, 0.15) is 11.1 Å². The Morgan fingerprint density at radius 1 is 0.871 bits per heavy atom. The quantitative estimate of drug-likeness (QED) is 0.239. The molecule has 1 N–H and O–H groups in total. The highest BCUT2D eigenvalue weighted by Gasteiger charge is 2.12. The fraction of sp³-hybridized carbons (Fsp3) is 0. The zero-order valence-corrected chi connectivity index (χ0v) is 16.9. The van der Waals surface area contributed by atoms with E-state index in [-0.39, 0.29) is 16.9 Å². The summed E-state index contributed by atoms with van der Waals surface area (Å²) in [5, 5.41) is 14.3. The van der Waals surface area contributed by atoms with Crippen molar-refractivity contribution in [2.45, 2.75) is 0 Å². The smallest absolute Gasteiger partial charge is 0.269 e. The summed E-state index contributed by atoms with van der Waals surface area (Å²) in [5.74, 6) is 0.699. The molecule has 4 rings (SSSR count). The van der Waals surface area contributed by atoms with E-state index in [1.54, 1.807) is 12.1 Å². The molecule has 0 amide bonds. The Morgan fingerprint density at radius 2 is 1.52 bits per heavy atom. The molecule has 8 heteroatoms. The zero-order valence-electron chi connectivity index (χ0n) is 16.1. The van der Waals surface area contributed by atoms with Gasteiger partial charge in [0.15, 0.2) is 5.82 Å². The van der Waals surface area contributed by atoms with Gasteiger partial charge in [-0.3, -0.25) is 10.1 Å². The second kappa shape index (κ2) is 9.15.